The first-order valence-corrected chi connectivity index (χ1v) is 10.4. The van der Waals surface area contributed by atoms with Crippen molar-refractivity contribution in [3.05, 3.63) is 23.8 Å². The molecule has 1 amide bonds. The summed E-state index contributed by atoms with van der Waals surface area (Å²) in [6.45, 7) is 8.23. The van der Waals surface area contributed by atoms with Gasteiger partial charge in [-0.25, -0.2) is 4.99 Å². The number of ether oxygens (including phenoxy) is 2. The number of rotatable bonds is 9. The number of carbonyl (C=O) groups is 1. The maximum absolute atomic E-state index is 11.5. The van der Waals surface area contributed by atoms with Gasteiger partial charge in [-0.1, -0.05) is 6.07 Å². The normalized spacial score (nSPS) is 15.7. The minimum Gasteiger partial charge on any atom is -0.493 e. The van der Waals surface area contributed by atoms with E-state index in [4.69, 9.17) is 14.5 Å². The summed E-state index contributed by atoms with van der Waals surface area (Å²) < 4.78 is 11.0. The smallest absolute Gasteiger partial charge is 0.233 e. The van der Waals surface area contributed by atoms with E-state index in [1.54, 1.807) is 14.2 Å². The van der Waals surface area contributed by atoms with E-state index in [0.717, 1.165) is 55.5 Å². The molecular formula is C21H35N5O3. The van der Waals surface area contributed by atoms with Crippen LogP contribution in [0.4, 0.5) is 0 Å². The van der Waals surface area contributed by atoms with Crippen LogP contribution in [0.25, 0.3) is 0 Å². The van der Waals surface area contributed by atoms with Crippen molar-refractivity contribution >= 4 is 11.9 Å². The lowest BCUT2D eigenvalue weighted by atomic mass is 10.1. The third-order valence-corrected chi connectivity index (χ3v) is 4.87. The van der Waals surface area contributed by atoms with E-state index in [0.29, 0.717) is 25.7 Å². The Bertz CT molecular complexity index is 672. The summed E-state index contributed by atoms with van der Waals surface area (Å²) in [5.74, 6) is 2.35. The number of likely N-dealkylation sites (N-methyl/N-ethyl adjacent to an activating group) is 1. The van der Waals surface area contributed by atoms with Gasteiger partial charge >= 0.3 is 0 Å². The predicted molar refractivity (Wildman–Crippen MR) is 116 cm³/mol. The maximum Gasteiger partial charge on any atom is 0.233 e. The first-order valence-electron chi connectivity index (χ1n) is 10.4. The maximum atomic E-state index is 11.5. The van der Waals surface area contributed by atoms with E-state index < -0.39 is 0 Å². The third-order valence-electron chi connectivity index (χ3n) is 4.87. The van der Waals surface area contributed by atoms with Gasteiger partial charge in [-0.15, -0.1) is 0 Å². The highest BCUT2D eigenvalue weighted by Crippen LogP contribution is 2.28. The molecule has 1 fully saturated rings. The minimum atomic E-state index is 0.0669. The van der Waals surface area contributed by atoms with Crippen molar-refractivity contribution in [2.45, 2.75) is 39.3 Å². The lowest BCUT2D eigenvalue weighted by Crippen LogP contribution is -2.50. The van der Waals surface area contributed by atoms with E-state index in [2.05, 4.69) is 27.8 Å². The lowest BCUT2D eigenvalue weighted by Gasteiger charge is -2.32. The largest absolute Gasteiger partial charge is 0.493 e. The van der Waals surface area contributed by atoms with Gasteiger partial charge in [0.15, 0.2) is 17.5 Å². The molecule has 0 bridgehead atoms. The summed E-state index contributed by atoms with van der Waals surface area (Å²) in [6, 6.07) is 6.25. The monoisotopic (exact) mass is 405 g/mol. The molecule has 0 unspecified atom stereocenters. The van der Waals surface area contributed by atoms with Gasteiger partial charge < -0.3 is 25.4 Å². The number of aliphatic imine (C=N–C) groups is 1. The highest BCUT2D eigenvalue weighted by molar-refractivity contribution is 5.80. The fourth-order valence-corrected chi connectivity index (χ4v) is 3.29. The van der Waals surface area contributed by atoms with Gasteiger partial charge in [-0.05, 0) is 44.4 Å². The van der Waals surface area contributed by atoms with Crippen LogP contribution in [0.15, 0.2) is 23.2 Å². The number of amides is 1. The Morgan fingerprint density at radius 1 is 1.24 bits per heavy atom. The number of nitrogens with zero attached hydrogens (tertiary/aromatic N) is 2. The molecule has 0 radical (unpaired) electrons. The van der Waals surface area contributed by atoms with Crippen LogP contribution >= 0.6 is 0 Å². The molecule has 29 heavy (non-hydrogen) atoms. The summed E-state index contributed by atoms with van der Waals surface area (Å²) in [5.41, 5.74) is 1.06. The second kappa shape index (κ2) is 12.2. The van der Waals surface area contributed by atoms with Gasteiger partial charge in [-0.2, -0.15) is 0 Å². The summed E-state index contributed by atoms with van der Waals surface area (Å²) in [6.07, 6.45) is 1.97. The molecule has 1 heterocycles. The zero-order valence-electron chi connectivity index (χ0n) is 18.1. The number of methoxy groups -OCH3 is 1. The van der Waals surface area contributed by atoms with Crippen LogP contribution in [0.2, 0.25) is 0 Å². The number of piperidine rings is 1. The van der Waals surface area contributed by atoms with Crippen LogP contribution in [0.3, 0.4) is 0 Å². The molecule has 0 saturated carbocycles. The molecule has 1 aliphatic heterocycles. The van der Waals surface area contributed by atoms with Crippen molar-refractivity contribution in [2.75, 3.05) is 46.9 Å². The number of guanidine groups is 1. The molecule has 8 heteroatoms. The molecule has 2 rings (SSSR count). The van der Waals surface area contributed by atoms with Gasteiger partial charge in [0.1, 0.15) is 0 Å². The van der Waals surface area contributed by atoms with Crippen molar-refractivity contribution in [3.8, 4) is 11.5 Å². The summed E-state index contributed by atoms with van der Waals surface area (Å²) >= 11 is 0. The SMILES string of the molecule is CCNC(=NCc1ccc(OC)c(OCC)c1)NC1CCN(CC(=O)NC)CC1. The molecular weight excluding hydrogens is 370 g/mol. The Morgan fingerprint density at radius 3 is 2.62 bits per heavy atom. The molecule has 1 aromatic carbocycles. The van der Waals surface area contributed by atoms with Crippen LogP contribution in [0, 0.1) is 0 Å². The zero-order valence-corrected chi connectivity index (χ0v) is 18.1. The predicted octanol–water partition coefficient (Wildman–Crippen LogP) is 1.36. The van der Waals surface area contributed by atoms with Crippen molar-refractivity contribution in [2.24, 2.45) is 4.99 Å². The highest BCUT2D eigenvalue weighted by atomic mass is 16.5. The second-order valence-electron chi connectivity index (χ2n) is 6.98. The Balaban J connectivity index is 1.93. The first-order chi connectivity index (χ1) is 14.1. The fourth-order valence-electron chi connectivity index (χ4n) is 3.29. The van der Waals surface area contributed by atoms with Gasteiger partial charge in [-0.3, -0.25) is 9.69 Å². The standard InChI is InChI=1S/C21H35N5O3/c1-5-23-21(25-17-9-11-26(12-10-17)15-20(27)22-3)24-14-16-7-8-18(28-4)19(13-16)29-6-2/h7-8,13,17H,5-6,9-12,14-15H2,1-4H3,(H,22,27)(H2,23,24,25). The number of carbonyl (C=O) groups excluding carboxylic acids is 1. The summed E-state index contributed by atoms with van der Waals surface area (Å²) in [4.78, 5) is 18.5. The summed E-state index contributed by atoms with van der Waals surface area (Å²) in [7, 11) is 3.32. The van der Waals surface area contributed by atoms with Crippen LogP contribution < -0.4 is 25.4 Å². The second-order valence-corrected chi connectivity index (χ2v) is 6.98. The van der Waals surface area contributed by atoms with Gasteiger partial charge in [0.25, 0.3) is 0 Å². The van der Waals surface area contributed by atoms with E-state index in [1.165, 1.54) is 0 Å². The molecule has 0 aromatic heterocycles. The minimum absolute atomic E-state index is 0.0669. The van der Waals surface area contributed by atoms with Gasteiger partial charge in [0, 0.05) is 32.7 Å². The van der Waals surface area contributed by atoms with Crippen molar-refractivity contribution in [3.63, 3.8) is 0 Å². The van der Waals surface area contributed by atoms with Gasteiger partial charge in [0.2, 0.25) is 5.91 Å². The molecule has 0 spiro atoms. The Kier molecular flexibility index (Phi) is 9.56. The number of likely N-dealkylation sites (tertiary alicyclic amines) is 1. The van der Waals surface area contributed by atoms with Crippen molar-refractivity contribution < 1.29 is 14.3 Å². The van der Waals surface area contributed by atoms with E-state index in [-0.39, 0.29) is 5.91 Å². The average molecular weight is 406 g/mol. The highest BCUT2D eigenvalue weighted by Gasteiger charge is 2.21. The number of nitrogens with one attached hydrogen (secondary N) is 3. The summed E-state index contributed by atoms with van der Waals surface area (Å²) in [5, 5.41) is 9.53. The Labute approximate surface area is 174 Å². The number of hydrogen-bond acceptors (Lipinski definition) is 5. The quantitative estimate of drug-likeness (QED) is 0.425. The van der Waals surface area contributed by atoms with Gasteiger partial charge in [0.05, 0.1) is 26.8 Å². The van der Waals surface area contributed by atoms with E-state index >= 15 is 0 Å². The van der Waals surface area contributed by atoms with Crippen LogP contribution in [-0.2, 0) is 11.3 Å². The third kappa shape index (κ3) is 7.45. The molecule has 0 atom stereocenters. The van der Waals surface area contributed by atoms with Crippen LogP contribution in [0.1, 0.15) is 32.3 Å². The van der Waals surface area contributed by atoms with Crippen LogP contribution in [0.5, 0.6) is 11.5 Å². The molecule has 1 aliphatic rings. The average Bonchev–Trinajstić information content (AvgIpc) is 2.74. The molecule has 0 aliphatic carbocycles. The molecule has 162 valence electrons. The number of benzene rings is 1. The molecule has 1 saturated heterocycles. The van der Waals surface area contributed by atoms with Crippen LogP contribution in [-0.4, -0.2) is 69.8 Å². The van der Waals surface area contributed by atoms with E-state index in [9.17, 15) is 4.79 Å². The molecule has 1 aromatic rings. The fraction of sp³-hybridized carbons (Fsp3) is 0.619. The zero-order chi connectivity index (χ0) is 21.1. The van der Waals surface area contributed by atoms with Crippen molar-refractivity contribution in [1.82, 2.24) is 20.9 Å². The lowest BCUT2D eigenvalue weighted by molar-refractivity contribution is -0.122. The van der Waals surface area contributed by atoms with Crippen molar-refractivity contribution in [1.29, 1.82) is 0 Å². The number of hydrogen-bond donors (Lipinski definition) is 3. The first kappa shape index (κ1) is 22.8. The Hall–Kier alpha value is -2.48. The molecule has 8 nitrogen and oxygen atoms in total. The van der Waals surface area contributed by atoms with E-state index in [1.807, 2.05) is 25.1 Å². The Morgan fingerprint density at radius 2 is 2.00 bits per heavy atom. The topological polar surface area (TPSA) is 87.2 Å². The molecule has 3 N–H and O–H groups in total.